The highest BCUT2D eigenvalue weighted by Crippen LogP contribution is 2.09. The van der Waals surface area contributed by atoms with Gasteiger partial charge in [-0.1, -0.05) is 0 Å². The Hall–Kier alpha value is -1.03. The van der Waals surface area contributed by atoms with Gasteiger partial charge in [0.1, 0.15) is 10.7 Å². The molecule has 0 amide bonds. The van der Waals surface area contributed by atoms with Crippen molar-refractivity contribution in [3.05, 3.63) is 18.3 Å². The number of aromatic nitrogens is 1. The largest absolute Gasteiger partial charge is 0.308 e. The number of sulfonamides is 1. The summed E-state index contributed by atoms with van der Waals surface area (Å²) in [6.45, 7) is 1.82. The number of hydrazine groups is 1. The van der Waals surface area contributed by atoms with Gasteiger partial charge in [-0.25, -0.2) is 24.0 Å². The molecule has 1 heterocycles. The molecule has 0 saturated heterocycles. The van der Waals surface area contributed by atoms with Crippen molar-refractivity contribution in [1.29, 1.82) is 0 Å². The molecule has 102 valence electrons. The van der Waals surface area contributed by atoms with Crippen LogP contribution in [0.15, 0.2) is 23.2 Å². The number of nitrogens with two attached hydrogens (primary N) is 1. The third kappa shape index (κ3) is 4.02. The maximum Gasteiger partial charge on any atom is 0.242 e. The highest BCUT2D eigenvalue weighted by Gasteiger charge is 2.16. The van der Waals surface area contributed by atoms with Crippen molar-refractivity contribution in [2.45, 2.75) is 17.1 Å². The summed E-state index contributed by atoms with van der Waals surface area (Å²) in [7, 11) is -4.70. The molecule has 1 aromatic heterocycles. The lowest BCUT2D eigenvalue weighted by atomic mass is 10.5. The molecule has 0 spiro atoms. The van der Waals surface area contributed by atoms with Crippen LogP contribution < -0.4 is 16.0 Å². The van der Waals surface area contributed by atoms with Gasteiger partial charge in [-0.3, -0.25) is 4.21 Å². The van der Waals surface area contributed by atoms with E-state index in [1.54, 1.807) is 6.92 Å². The van der Waals surface area contributed by atoms with Crippen molar-refractivity contribution in [3.63, 3.8) is 0 Å². The van der Waals surface area contributed by atoms with Crippen LogP contribution in [0.2, 0.25) is 0 Å². The summed E-state index contributed by atoms with van der Waals surface area (Å²) in [5.74, 6) is 5.50. The van der Waals surface area contributed by atoms with Crippen LogP contribution >= 0.6 is 0 Å². The fraction of sp³-hybridized carbons (Fsp3) is 0.444. The summed E-state index contributed by atoms with van der Waals surface area (Å²) in [6.07, 6.45) is 2.73. The maximum atomic E-state index is 11.9. The van der Waals surface area contributed by atoms with Crippen molar-refractivity contribution >= 4 is 26.6 Å². The third-order valence-corrected chi connectivity index (χ3v) is 5.03. The molecular formula is C9H16N4O3S2. The summed E-state index contributed by atoms with van der Waals surface area (Å²) in [5, 5.41) is -0.252. The number of anilines is 1. The third-order valence-electron chi connectivity index (χ3n) is 2.32. The molecule has 4 N–H and O–H groups in total. The van der Waals surface area contributed by atoms with Gasteiger partial charge < -0.3 is 5.43 Å². The van der Waals surface area contributed by atoms with Crippen LogP contribution in [0.25, 0.3) is 0 Å². The van der Waals surface area contributed by atoms with E-state index in [9.17, 15) is 12.6 Å². The van der Waals surface area contributed by atoms with E-state index < -0.39 is 20.8 Å². The normalized spacial score (nSPS) is 15.1. The first-order valence-electron chi connectivity index (χ1n) is 5.11. The molecule has 0 aliphatic rings. The second-order valence-corrected chi connectivity index (χ2v) is 7.25. The Bertz CT molecular complexity index is 515. The smallest absolute Gasteiger partial charge is 0.242 e. The lowest BCUT2D eigenvalue weighted by molar-refractivity contribution is 0.580. The van der Waals surface area contributed by atoms with Gasteiger partial charge in [0.25, 0.3) is 0 Å². The van der Waals surface area contributed by atoms with Gasteiger partial charge >= 0.3 is 0 Å². The summed E-state index contributed by atoms with van der Waals surface area (Å²) in [6, 6.07) is 2.84. The van der Waals surface area contributed by atoms with Crippen LogP contribution in [0, 0.1) is 0 Å². The number of nitrogens with zero attached hydrogens (tertiary/aromatic N) is 1. The Morgan fingerprint density at radius 3 is 2.61 bits per heavy atom. The standard InChI is InChI=1S/C9H16N4O3S2/c1-7(17(2)14)5-12-18(15,16)8-3-4-9(13-10)11-6-8/h3-4,6-7,12H,5,10H2,1-2H3,(H,11,13). The SMILES string of the molecule is CC(CNS(=O)(=O)c1ccc(NN)nc1)S(C)=O. The maximum absolute atomic E-state index is 11.9. The molecule has 0 aliphatic carbocycles. The molecule has 18 heavy (non-hydrogen) atoms. The topological polar surface area (TPSA) is 114 Å². The molecule has 0 bridgehead atoms. The summed E-state index contributed by atoms with van der Waals surface area (Å²) in [5.41, 5.74) is 2.30. The average molecular weight is 292 g/mol. The van der Waals surface area contributed by atoms with E-state index in [4.69, 9.17) is 5.84 Å². The van der Waals surface area contributed by atoms with Crippen molar-refractivity contribution in [1.82, 2.24) is 9.71 Å². The Kier molecular flexibility index (Phi) is 5.20. The molecule has 0 saturated carbocycles. The molecule has 0 aromatic carbocycles. The van der Waals surface area contributed by atoms with Crippen LogP contribution in [-0.2, 0) is 20.8 Å². The van der Waals surface area contributed by atoms with E-state index in [-0.39, 0.29) is 16.7 Å². The van der Waals surface area contributed by atoms with Gasteiger partial charge in [-0.15, -0.1) is 0 Å². The van der Waals surface area contributed by atoms with E-state index >= 15 is 0 Å². The quantitative estimate of drug-likeness (QED) is 0.477. The highest BCUT2D eigenvalue weighted by molar-refractivity contribution is 7.89. The predicted molar refractivity (Wildman–Crippen MR) is 70.8 cm³/mol. The number of hydrogen-bond acceptors (Lipinski definition) is 6. The minimum Gasteiger partial charge on any atom is -0.308 e. The molecule has 0 fully saturated rings. The minimum absolute atomic E-state index is 0.0376. The van der Waals surface area contributed by atoms with Crippen LogP contribution in [0.3, 0.4) is 0 Å². The average Bonchev–Trinajstić information content (AvgIpc) is 2.36. The highest BCUT2D eigenvalue weighted by atomic mass is 32.2. The van der Waals surface area contributed by atoms with E-state index in [1.807, 2.05) is 0 Å². The molecule has 7 nitrogen and oxygen atoms in total. The Morgan fingerprint density at radius 1 is 1.50 bits per heavy atom. The van der Waals surface area contributed by atoms with Gasteiger partial charge in [0, 0.05) is 35.0 Å². The predicted octanol–water partition coefficient (Wildman–Crippen LogP) is -0.587. The summed E-state index contributed by atoms with van der Waals surface area (Å²) < 4.78 is 37.2. The monoisotopic (exact) mass is 292 g/mol. The van der Waals surface area contributed by atoms with Crippen molar-refractivity contribution in [3.8, 4) is 0 Å². The van der Waals surface area contributed by atoms with Gasteiger partial charge in [0.05, 0.1) is 0 Å². The second kappa shape index (κ2) is 6.23. The Labute approximate surface area is 109 Å². The number of nitrogen functional groups attached to an aromatic ring is 1. The molecule has 1 rings (SSSR count). The van der Waals surface area contributed by atoms with Crippen molar-refractivity contribution in [2.75, 3.05) is 18.2 Å². The van der Waals surface area contributed by atoms with Crippen LogP contribution in [0.1, 0.15) is 6.92 Å². The van der Waals surface area contributed by atoms with E-state index in [0.717, 1.165) is 0 Å². The lowest BCUT2D eigenvalue weighted by Crippen LogP contribution is -2.32. The Balaban J connectivity index is 2.76. The first-order valence-corrected chi connectivity index (χ1v) is 8.22. The lowest BCUT2D eigenvalue weighted by Gasteiger charge is -2.10. The van der Waals surface area contributed by atoms with Gasteiger partial charge in [0.15, 0.2) is 0 Å². The molecule has 0 radical (unpaired) electrons. The fourth-order valence-electron chi connectivity index (χ4n) is 1.05. The zero-order chi connectivity index (χ0) is 13.8. The van der Waals surface area contributed by atoms with Crippen LogP contribution in [0.5, 0.6) is 0 Å². The van der Waals surface area contributed by atoms with E-state index in [1.165, 1.54) is 24.6 Å². The number of hydrogen-bond donors (Lipinski definition) is 3. The van der Waals surface area contributed by atoms with E-state index in [2.05, 4.69) is 15.1 Å². The fourth-order valence-corrected chi connectivity index (χ4v) is 2.55. The molecular weight excluding hydrogens is 276 g/mol. The number of rotatable bonds is 6. The zero-order valence-electron chi connectivity index (χ0n) is 10.1. The second-order valence-electron chi connectivity index (χ2n) is 3.68. The Morgan fingerprint density at radius 2 is 2.17 bits per heavy atom. The summed E-state index contributed by atoms with van der Waals surface area (Å²) in [4.78, 5) is 3.85. The molecule has 9 heteroatoms. The first kappa shape index (κ1) is 15.0. The number of pyridine rings is 1. The van der Waals surface area contributed by atoms with Crippen molar-refractivity contribution < 1.29 is 12.6 Å². The van der Waals surface area contributed by atoms with E-state index in [0.29, 0.717) is 5.82 Å². The molecule has 2 atom stereocenters. The van der Waals surface area contributed by atoms with Gasteiger partial charge in [-0.2, -0.15) is 0 Å². The zero-order valence-corrected chi connectivity index (χ0v) is 11.7. The van der Waals surface area contributed by atoms with Gasteiger partial charge in [-0.05, 0) is 19.1 Å². The summed E-state index contributed by atoms with van der Waals surface area (Å²) >= 11 is 0. The van der Waals surface area contributed by atoms with Crippen molar-refractivity contribution in [2.24, 2.45) is 5.84 Å². The first-order chi connectivity index (χ1) is 8.36. The molecule has 1 aromatic rings. The minimum atomic E-state index is -3.63. The molecule has 0 aliphatic heterocycles. The van der Waals surface area contributed by atoms with Gasteiger partial charge in [0.2, 0.25) is 10.0 Å². The van der Waals surface area contributed by atoms with Crippen LogP contribution in [-0.4, -0.2) is 35.7 Å². The number of nitrogens with one attached hydrogen (secondary N) is 2. The molecule has 2 unspecified atom stereocenters. The van der Waals surface area contributed by atoms with Crippen LogP contribution in [0.4, 0.5) is 5.82 Å².